The summed E-state index contributed by atoms with van der Waals surface area (Å²) in [4.78, 5) is 27.2. The number of hydrogen-bond donors (Lipinski definition) is 4. The van der Waals surface area contributed by atoms with Crippen molar-refractivity contribution in [2.45, 2.75) is 58.6 Å². The van der Waals surface area contributed by atoms with Gasteiger partial charge < -0.3 is 25.7 Å². The Kier molecular flexibility index (Phi) is 9.57. The summed E-state index contributed by atoms with van der Waals surface area (Å²) in [6, 6.07) is 5.38. The zero-order chi connectivity index (χ0) is 21.2. The number of benzene rings is 1. The van der Waals surface area contributed by atoms with Crippen molar-refractivity contribution in [1.82, 2.24) is 10.6 Å². The first-order valence-corrected chi connectivity index (χ1v) is 10.7. The third-order valence-electron chi connectivity index (χ3n) is 5.15. The molecule has 0 spiro atoms. The normalized spacial score (nSPS) is 17.1. The molecule has 0 bridgehead atoms. The maximum Gasteiger partial charge on any atom is 0.251 e. The van der Waals surface area contributed by atoms with Crippen molar-refractivity contribution < 1.29 is 19.8 Å². The molecule has 0 radical (unpaired) electrons. The molecule has 0 saturated carbocycles. The minimum atomic E-state index is -0.982. The molecule has 4 N–H and O–H groups in total. The van der Waals surface area contributed by atoms with Crippen LogP contribution in [0.5, 0.6) is 0 Å². The SMILES string of the molecule is CC(C)C(=O)N1CCCCCCCNCc2cc(C(=O)NCC(O)CO)ccc21. The number of aliphatic hydroxyl groups is 2. The van der Waals surface area contributed by atoms with Gasteiger partial charge in [-0.1, -0.05) is 33.1 Å². The van der Waals surface area contributed by atoms with Gasteiger partial charge in [-0.15, -0.1) is 0 Å². The number of fused-ring (bicyclic) bond motifs is 1. The summed E-state index contributed by atoms with van der Waals surface area (Å²) in [5.41, 5.74) is 2.23. The average Bonchev–Trinajstić information content (AvgIpc) is 2.71. The fourth-order valence-corrected chi connectivity index (χ4v) is 3.44. The van der Waals surface area contributed by atoms with E-state index in [0.717, 1.165) is 37.1 Å². The highest BCUT2D eigenvalue weighted by molar-refractivity contribution is 5.98. The highest BCUT2D eigenvalue weighted by Crippen LogP contribution is 2.25. The van der Waals surface area contributed by atoms with E-state index in [1.54, 1.807) is 6.07 Å². The molecule has 2 amide bonds. The van der Waals surface area contributed by atoms with Crippen molar-refractivity contribution in [3.05, 3.63) is 29.3 Å². The van der Waals surface area contributed by atoms with Gasteiger partial charge in [0.1, 0.15) is 0 Å². The molecule has 0 aliphatic carbocycles. The highest BCUT2D eigenvalue weighted by Gasteiger charge is 2.22. The van der Waals surface area contributed by atoms with Crippen LogP contribution in [0.4, 0.5) is 5.69 Å². The molecule has 1 heterocycles. The molecule has 1 atom stereocenters. The molecular formula is C22H35N3O4. The number of anilines is 1. The summed E-state index contributed by atoms with van der Waals surface area (Å²) < 4.78 is 0. The van der Waals surface area contributed by atoms with Crippen LogP contribution in [0.15, 0.2) is 18.2 Å². The first-order valence-electron chi connectivity index (χ1n) is 10.7. The monoisotopic (exact) mass is 405 g/mol. The number of nitrogens with zero attached hydrogens (tertiary/aromatic N) is 1. The molecule has 1 aromatic carbocycles. The fourth-order valence-electron chi connectivity index (χ4n) is 3.44. The zero-order valence-electron chi connectivity index (χ0n) is 17.6. The van der Waals surface area contributed by atoms with Gasteiger partial charge in [-0.3, -0.25) is 9.59 Å². The summed E-state index contributed by atoms with van der Waals surface area (Å²) in [6.45, 7) is 5.56. The first-order chi connectivity index (χ1) is 13.9. The van der Waals surface area contributed by atoms with Crippen LogP contribution >= 0.6 is 0 Å². The lowest BCUT2D eigenvalue weighted by atomic mass is 10.0. The van der Waals surface area contributed by atoms with Gasteiger partial charge in [-0.25, -0.2) is 0 Å². The fraction of sp³-hybridized carbons (Fsp3) is 0.636. The van der Waals surface area contributed by atoms with Crippen LogP contribution in [0, 0.1) is 5.92 Å². The summed E-state index contributed by atoms with van der Waals surface area (Å²) in [5.74, 6) is -0.327. The summed E-state index contributed by atoms with van der Waals surface area (Å²) >= 11 is 0. The molecule has 1 aliphatic rings. The summed E-state index contributed by atoms with van der Waals surface area (Å²) in [7, 11) is 0. The zero-order valence-corrected chi connectivity index (χ0v) is 17.6. The molecule has 0 fully saturated rings. The van der Waals surface area contributed by atoms with E-state index < -0.39 is 12.7 Å². The number of aliphatic hydroxyl groups excluding tert-OH is 2. The molecule has 0 saturated heterocycles. The minimum absolute atomic E-state index is 0.0113. The molecule has 2 rings (SSSR count). The molecule has 7 nitrogen and oxygen atoms in total. The van der Waals surface area contributed by atoms with E-state index in [-0.39, 0.29) is 24.3 Å². The second-order valence-corrected chi connectivity index (χ2v) is 7.98. The lowest BCUT2D eigenvalue weighted by Gasteiger charge is -2.28. The van der Waals surface area contributed by atoms with Gasteiger partial charge in [0.2, 0.25) is 5.91 Å². The third-order valence-corrected chi connectivity index (χ3v) is 5.15. The van der Waals surface area contributed by atoms with Crippen molar-refractivity contribution in [3.63, 3.8) is 0 Å². The predicted octanol–water partition coefficient (Wildman–Crippen LogP) is 1.81. The van der Waals surface area contributed by atoms with E-state index in [9.17, 15) is 14.7 Å². The van der Waals surface area contributed by atoms with Crippen molar-refractivity contribution in [2.24, 2.45) is 5.92 Å². The third kappa shape index (κ3) is 7.10. The van der Waals surface area contributed by atoms with E-state index in [1.807, 2.05) is 30.9 Å². The van der Waals surface area contributed by atoms with Gasteiger partial charge in [0.25, 0.3) is 5.91 Å². The number of carbonyl (C=O) groups excluding carboxylic acids is 2. The van der Waals surface area contributed by atoms with Crippen LogP contribution in [0.1, 0.15) is 61.9 Å². The molecule has 162 valence electrons. The molecule has 1 aliphatic heterocycles. The van der Waals surface area contributed by atoms with Gasteiger partial charge in [-0.05, 0) is 43.1 Å². The van der Waals surface area contributed by atoms with Crippen molar-refractivity contribution >= 4 is 17.5 Å². The van der Waals surface area contributed by atoms with Gasteiger partial charge in [-0.2, -0.15) is 0 Å². The van der Waals surface area contributed by atoms with Crippen LogP contribution in [-0.4, -0.2) is 54.4 Å². The number of hydrogen-bond acceptors (Lipinski definition) is 5. The van der Waals surface area contributed by atoms with Crippen LogP contribution in [0.2, 0.25) is 0 Å². The number of amides is 2. The quantitative estimate of drug-likeness (QED) is 0.598. The van der Waals surface area contributed by atoms with Crippen LogP contribution < -0.4 is 15.5 Å². The number of carbonyl (C=O) groups is 2. The molecule has 1 aromatic rings. The van der Waals surface area contributed by atoms with Gasteiger partial charge >= 0.3 is 0 Å². The van der Waals surface area contributed by atoms with Gasteiger partial charge in [0.15, 0.2) is 0 Å². The topological polar surface area (TPSA) is 102 Å². The molecule has 7 heteroatoms. The van der Waals surface area contributed by atoms with E-state index in [2.05, 4.69) is 10.6 Å². The Labute approximate surface area is 173 Å². The Morgan fingerprint density at radius 2 is 1.90 bits per heavy atom. The Hall–Kier alpha value is -1.96. The molecule has 0 aromatic heterocycles. The molecule has 29 heavy (non-hydrogen) atoms. The van der Waals surface area contributed by atoms with Crippen LogP contribution in [-0.2, 0) is 11.3 Å². The second kappa shape index (κ2) is 11.9. The van der Waals surface area contributed by atoms with Gasteiger partial charge in [0.05, 0.1) is 12.7 Å². The van der Waals surface area contributed by atoms with Crippen molar-refractivity contribution in [2.75, 3.05) is 31.1 Å². The Morgan fingerprint density at radius 3 is 2.62 bits per heavy atom. The first kappa shape index (κ1) is 23.3. The van der Waals surface area contributed by atoms with E-state index in [4.69, 9.17) is 5.11 Å². The van der Waals surface area contributed by atoms with E-state index >= 15 is 0 Å². The predicted molar refractivity (Wildman–Crippen MR) is 114 cm³/mol. The number of nitrogens with one attached hydrogen (secondary N) is 2. The van der Waals surface area contributed by atoms with Crippen LogP contribution in [0.25, 0.3) is 0 Å². The second-order valence-electron chi connectivity index (χ2n) is 7.98. The van der Waals surface area contributed by atoms with Crippen molar-refractivity contribution in [1.29, 1.82) is 0 Å². The Balaban J connectivity index is 2.30. The maximum atomic E-state index is 12.9. The molecule has 1 unspecified atom stereocenters. The Morgan fingerprint density at radius 1 is 1.17 bits per heavy atom. The minimum Gasteiger partial charge on any atom is -0.394 e. The van der Waals surface area contributed by atoms with Crippen LogP contribution in [0.3, 0.4) is 0 Å². The van der Waals surface area contributed by atoms with Gasteiger partial charge in [0, 0.05) is 36.8 Å². The van der Waals surface area contributed by atoms with E-state index in [0.29, 0.717) is 18.7 Å². The van der Waals surface area contributed by atoms with Crippen molar-refractivity contribution in [3.8, 4) is 0 Å². The summed E-state index contributed by atoms with van der Waals surface area (Å²) in [6.07, 6.45) is 4.55. The molecular weight excluding hydrogens is 370 g/mol. The summed E-state index contributed by atoms with van der Waals surface area (Å²) in [5, 5.41) is 24.4. The maximum absolute atomic E-state index is 12.9. The average molecular weight is 406 g/mol. The smallest absolute Gasteiger partial charge is 0.251 e. The highest BCUT2D eigenvalue weighted by atomic mass is 16.3. The Bertz CT molecular complexity index is 678. The lowest BCUT2D eigenvalue weighted by molar-refractivity contribution is -0.121. The number of rotatable bonds is 5. The largest absolute Gasteiger partial charge is 0.394 e. The van der Waals surface area contributed by atoms with E-state index in [1.165, 1.54) is 12.8 Å². The standard InChI is InChI=1S/C22H35N3O4/c1-16(2)22(29)25-11-7-5-3-4-6-10-23-13-18-12-17(8-9-20(18)25)21(28)24-14-19(27)15-26/h8-9,12,16,19,23,26-27H,3-7,10-11,13-15H2,1-2H3,(H,24,28). The lowest BCUT2D eigenvalue weighted by Crippen LogP contribution is -2.37.